The summed E-state index contributed by atoms with van der Waals surface area (Å²) in [7, 11) is 0. The molecule has 5 nitrogen and oxygen atoms in total. The van der Waals surface area contributed by atoms with E-state index in [0.717, 1.165) is 88.4 Å². The Morgan fingerprint density at radius 1 is 0.448 bits per heavy atom. The molecule has 0 atom stereocenters. The topological polar surface area (TPSA) is 67.6 Å². The van der Waals surface area contributed by atoms with Crippen molar-refractivity contribution < 1.29 is 4.42 Å². The number of nitrogens with zero attached hydrogens (tertiary/aromatic N) is 4. The SMILES string of the molecule is N#Cc1c(-c2ccccc2)nc(-c2cc(-c3ccccc3)c(-n3c4ccccc4c4c5oc6ccccc6c5ccc43)c(-c3ccccc3)c2)nc1-c1ccccc1. The molecule has 0 aliphatic rings. The van der Waals surface area contributed by atoms with Gasteiger partial charge in [0.25, 0.3) is 0 Å². The second-order valence-electron chi connectivity index (χ2n) is 14.4. The summed E-state index contributed by atoms with van der Waals surface area (Å²) in [5.41, 5.74) is 13.2. The molecule has 11 rings (SSSR count). The van der Waals surface area contributed by atoms with Crippen LogP contribution in [0.4, 0.5) is 0 Å². The van der Waals surface area contributed by atoms with Gasteiger partial charge in [-0.15, -0.1) is 0 Å². The molecule has 0 bridgehead atoms. The minimum absolute atomic E-state index is 0.437. The number of para-hydroxylation sites is 2. The summed E-state index contributed by atoms with van der Waals surface area (Å²) in [6.07, 6.45) is 0. The molecule has 0 amide bonds. The van der Waals surface area contributed by atoms with Crippen LogP contribution in [0.2, 0.25) is 0 Å². The van der Waals surface area contributed by atoms with Crippen molar-refractivity contribution in [1.29, 1.82) is 5.26 Å². The summed E-state index contributed by atoms with van der Waals surface area (Å²) in [6.45, 7) is 0. The van der Waals surface area contributed by atoms with E-state index in [0.29, 0.717) is 22.8 Å². The number of hydrogen-bond donors (Lipinski definition) is 0. The third-order valence-corrected chi connectivity index (χ3v) is 11.1. The van der Waals surface area contributed by atoms with Gasteiger partial charge in [-0.1, -0.05) is 158 Å². The number of hydrogen-bond acceptors (Lipinski definition) is 4. The molecular weight excluding hydrogens is 709 g/mol. The summed E-state index contributed by atoms with van der Waals surface area (Å²) in [5, 5.41) is 15.0. The fraction of sp³-hybridized carbons (Fsp3) is 0. The molecule has 0 unspecified atom stereocenters. The summed E-state index contributed by atoms with van der Waals surface area (Å²) in [6, 6.07) is 69.0. The van der Waals surface area contributed by atoms with Gasteiger partial charge >= 0.3 is 0 Å². The molecular formula is C53H32N4O. The van der Waals surface area contributed by atoms with Crippen molar-refractivity contribution in [2.45, 2.75) is 0 Å². The van der Waals surface area contributed by atoms with Crippen molar-refractivity contribution in [1.82, 2.24) is 14.5 Å². The van der Waals surface area contributed by atoms with Gasteiger partial charge in [0.2, 0.25) is 0 Å². The van der Waals surface area contributed by atoms with Crippen LogP contribution >= 0.6 is 0 Å². The van der Waals surface area contributed by atoms with Gasteiger partial charge in [0.1, 0.15) is 22.8 Å². The maximum absolute atomic E-state index is 10.7. The van der Waals surface area contributed by atoms with Gasteiger partial charge in [0.05, 0.1) is 33.5 Å². The summed E-state index contributed by atoms with van der Waals surface area (Å²) in [5.74, 6) is 0.531. The maximum atomic E-state index is 10.7. The van der Waals surface area contributed by atoms with Crippen LogP contribution in [0.5, 0.6) is 0 Å². The van der Waals surface area contributed by atoms with Crippen molar-refractivity contribution in [3.8, 4) is 67.9 Å². The van der Waals surface area contributed by atoms with Crippen LogP contribution in [0.15, 0.2) is 199 Å². The van der Waals surface area contributed by atoms with Crippen molar-refractivity contribution in [2.24, 2.45) is 0 Å². The molecule has 0 saturated carbocycles. The van der Waals surface area contributed by atoms with Crippen LogP contribution in [-0.2, 0) is 0 Å². The first-order chi connectivity index (χ1) is 28.7. The monoisotopic (exact) mass is 740 g/mol. The fourth-order valence-electron chi connectivity index (χ4n) is 8.46. The molecule has 3 heterocycles. The molecule has 5 heteroatoms. The molecule has 0 aliphatic heterocycles. The summed E-state index contributed by atoms with van der Waals surface area (Å²) in [4.78, 5) is 10.5. The first kappa shape index (κ1) is 33.3. The molecule has 0 aliphatic carbocycles. The predicted molar refractivity (Wildman–Crippen MR) is 236 cm³/mol. The Hall–Kier alpha value is -8.07. The van der Waals surface area contributed by atoms with E-state index in [-0.39, 0.29) is 0 Å². The molecule has 11 aromatic rings. The Balaban J connectivity index is 1.28. The van der Waals surface area contributed by atoms with E-state index in [9.17, 15) is 5.26 Å². The molecule has 58 heavy (non-hydrogen) atoms. The quantitative estimate of drug-likeness (QED) is 0.170. The van der Waals surface area contributed by atoms with Crippen LogP contribution in [0, 0.1) is 11.3 Å². The second kappa shape index (κ2) is 13.6. The van der Waals surface area contributed by atoms with Crippen molar-refractivity contribution in [3.63, 3.8) is 0 Å². The van der Waals surface area contributed by atoms with Crippen molar-refractivity contribution in [2.75, 3.05) is 0 Å². The smallest absolute Gasteiger partial charge is 0.160 e. The Labute approximate surface area is 334 Å². The first-order valence-electron chi connectivity index (χ1n) is 19.3. The van der Waals surface area contributed by atoms with Gasteiger partial charge < -0.3 is 8.98 Å². The van der Waals surface area contributed by atoms with E-state index >= 15 is 0 Å². The lowest BCUT2D eigenvalue weighted by Gasteiger charge is -2.21. The zero-order valence-electron chi connectivity index (χ0n) is 31.2. The third-order valence-electron chi connectivity index (χ3n) is 11.1. The zero-order valence-corrected chi connectivity index (χ0v) is 31.2. The van der Waals surface area contributed by atoms with Crippen LogP contribution in [-0.4, -0.2) is 14.5 Å². The molecule has 0 N–H and O–H groups in total. The van der Waals surface area contributed by atoms with Gasteiger partial charge in [-0.3, -0.25) is 0 Å². The highest BCUT2D eigenvalue weighted by molar-refractivity contribution is 6.24. The highest BCUT2D eigenvalue weighted by atomic mass is 16.3. The Bertz CT molecular complexity index is 3260. The Morgan fingerprint density at radius 3 is 1.52 bits per heavy atom. The molecule has 0 spiro atoms. The van der Waals surface area contributed by atoms with Crippen LogP contribution in [0.1, 0.15) is 5.56 Å². The number of furan rings is 1. The van der Waals surface area contributed by atoms with E-state index in [4.69, 9.17) is 14.4 Å². The van der Waals surface area contributed by atoms with Crippen LogP contribution < -0.4 is 0 Å². The highest BCUT2D eigenvalue weighted by Gasteiger charge is 2.25. The minimum Gasteiger partial charge on any atom is -0.455 e. The lowest BCUT2D eigenvalue weighted by Crippen LogP contribution is -2.04. The number of benzene rings is 8. The number of rotatable bonds is 6. The van der Waals surface area contributed by atoms with Gasteiger partial charge in [-0.05, 0) is 47.5 Å². The molecule has 0 radical (unpaired) electrons. The Kier molecular flexibility index (Phi) is 7.80. The largest absolute Gasteiger partial charge is 0.455 e. The van der Waals surface area contributed by atoms with E-state index in [1.54, 1.807) is 0 Å². The zero-order chi connectivity index (χ0) is 38.6. The standard InChI is InChI=1S/C53H32N4O/c54-33-44-49(36-21-9-3-10-22-36)55-53(56-50(44)37-23-11-4-12-24-37)38-31-42(34-17-5-1-6-18-34)51(43(32-38)35-19-7-2-8-20-35)57-45-27-15-13-26-41(45)48-46(57)30-29-40-39-25-14-16-28-47(39)58-52(40)48/h1-32H. The first-order valence-corrected chi connectivity index (χ1v) is 19.3. The van der Waals surface area contributed by atoms with E-state index in [1.807, 2.05) is 84.9 Å². The van der Waals surface area contributed by atoms with Crippen molar-refractivity contribution in [3.05, 3.63) is 200 Å². The summed E-state index contributed by atoms with van der Waals surface area (Å²) >= 11 is 0. The highest BCUT2D eigenvalue weighted by Crippen LogP contribution is 2.46. The van der Waals surface area contributed by atoms with Gasteiger partial charge in [-0.2, -0.15) is 5.26 Å². The lowest BCUT2D eigenvalue weighted by atomic mass is 9.92. The average Bonchev–Trinajstić information content (AvgIpc) is 3.85. The fourth-order valence-corrected chi connectivity index (χ4v) is 8.46. The second-order valence-corrected chi connectivity index (χ2v) is 14.4. The van der Waals surface area contributed by atoms with Gasteiger partial charge in [0.15, 0.2) is 5.82 Å². The average molecular weight is 741 g/mol. The van der Waals surface area contributed by atoms with Crippen LogP contribution in [0.3, 0.4) is 0 Å². The number of nitriles is 1. The van der Waals surface area contributed by atoms with Gasteiger partial charge in [0, 0.05) is 44.0 Å². The lowest BCUT2D eigenvalue weighted by molar-refractivity contribution is 0.673. The molecule has 270 valence electrons. The summed E-state index contributed by atoms with van der Waals surface area (Å²) < 4.78 is 9.09. The third kappa shape index (κ3) is 5.31. The Morgan fingerprint density at radius 2 is 0.948 bits per heavy atom. The minimum atomic E-state index is 0.437. The van der Waals surface area contributed by atoms with E-state index in [2.05, 4.69) is 120 Å². The molecule has 0 fully saturated rings. The predicted octanol–water partition coefficient (Wildman–Crippen LogP) is 13.7. The molecule has 3 aromatic heterocycles. The maximum Gasteiger partial charge on any atom is 0.160 e. The van der Waals surface area contributed by atoms with Crippen molar-refractivity contribution >= 4 is 43.7 Å². The molecule has 0 saturated heterocycles. The normalized spacial score (nSPS) is 11.4. The number of fused-ring (bicyclic) bond motifs is 7. The van der Waals surface area contributed by atoms with Crippen LogP contribution in [0.25, 0.3) is 106 Å². The number of aromatic nitrogens is 3. The molecule has 8 aromatic carbocycles. The van der Waals surface area contributed by atoms with E-state index in [1.165, 1.54) is 0 Å². The van der Waals surface area contributed by atoms with E-state index < -0.39 is 0 Å². The van der Waals surface area contributed by atoms with Gasteiger partial charge in [-0.25, -0.2) is 9.97 Å².